The van der Waals surface area contributed by atoms with Crippen molar-refractivity contribution >= 4 is 11.6 Å². The van der Waals surface area contributed by atoms with Gasteiger partial charge in [-0.1, -0.05) is 25.0 Å². The summed E-state index contributed by atoms with van der Waals surface area (Å²) in [6.45, 7) is 8.04. The van der Waals surface area contributed by atoms with Crippen LogP contribution in [0.3, 0.4) is 0 Å². The second-order valence-electron chi connectivity index (χ2n) is 8.51. The van der Waals surface area contributed by atoms with Gasteiger partial charge in [-0.3, -0.25) is 9.69 Å². The van der Waals surface area contributed by atoms with E-state index < -0.39 is 0 Å². The van der Waals surface area contributed by atoms with E-state index in [1.54, 1.807) is 0 Å². The first kappa shape index (κ1) is 19.6. The molecule has 154 valence electrons. The Bertz CT molecular complexity index is 655. The molecule has 0 bridgehead atoms. The summed E-state index contributed by atoms with van der Waals surface area (Å²) in [6, 6.07) is 8.81. The van der Waals surface area contributed by atoms with E-state index in [1.807, 2.05) is 19.1 Å². The molecule has 2 heterocycles. The number of fused-ring (bicyclic) bond motifs is 1. The fourth-order valence-electron chi connectivity index (χ4n) is 5.36. The highest BCUT2D eigenvalue weighted by molar-refractivity contribution is 5.79. The first-order chi connectivity index (χ1) is 13.8. The Kier molecular flexibility index (Phi) is 6.40. The van der Waals surface area contributed by atoms with Gasteiger partial charge in [-0.25, -0.2) is 0 Å². The molecule has 1 saturated carbocycles. The molecule has 3 fully saturated rings. The topological polar surface area (TPSA) is 36.0 Å². The normalized spacial score (nSPS) is 26.0. The minimum Gasteiger partial charge on any atom is -0.492 e. The summed E-state index contributed by atoms with van der Waals surface area (Å²) in [5.41, 5.74) is 1.18. The van der Waals surface area contributed by atoms with Crippen LogP contribution >= 0.6 is 0 Å². The van der Waals surface area contributed by atoms with E-state index in [1.165, 1.54) is 44.2 Å². The molecule has 1 aliphatic carbocycles. The molecule has 4 rings (SSSR count). The Hall–Kier alpha value is -1.75. The van der Waals surface area contributed by atoms with Crippen LogP contribution in [0, 0.1) is 5.92 Å². The number of ether oxygens (including phenoxy) is 1. The maximum Gasteiger partial charge on any atom is 0.237 e. The van der Waals surface area contributed by atoms with Gasteiger partial charge in [-0.15, -0.1) is 0 Å². The third kappa shape index (κ3) is 4.29. The number of hydrogen-bond donors (Lipinski definition) is 0. The minimum atomic E-state index is 0.361. The van der Waals surface area contributed by atoms with Crippen molar-refractivity contribution in [3.8, 4) is 5.75 Å². The van der Waals surface area contributed by atoms with Crippen LogP contribution in [0.4, 0.5) is 5.69 Å². The van der Waals surface area contributed by atoms with Gasteiger partial charge < -0.3 is 14.5 Å². The molecule has 2 saturated heterocycles. The molecule has 1 amide bonds. The predicted molar refractivity (Wildman–Crippen MR) is 113 cm³/mol. The van der Waals surface area contributed by atoms with Gasteiger partial charge in [0.2, 0.25) is 5.91 Å². The number of hydrogen-bond acceptors (Lipinski definition) is 4. The van der Waals surface area contributed by atoms with Crippen molar-refractivity contribution in [1.29, 1.82) is 0 Å². The molecule has 0 aromatic heterocycles. The van der Waals surface area contributed by atoms with Gasteiger partial charge in [0.25, 0.3) is 0 Å². The van der Waals surface area contributed by atoms with Crippen LogP contribution in [0.15, 0.2) is 24.3 Å². The quantitative estimate of drug-likeness (QED) is 0.778. The number of nitrogens with zero attached hydrogens (tertiary/aromatic N) is 3. The molecule has 2 aliphatic heterocycles. The number of carbonyl (C=O) groups is 1. The lowest BCUT2D eigenvalue weighted by Crippen LogP contribution is -2.54. The van der Waals surface area contributed by atoms with E-state index in [-0.39, 0.29) is 0 Å². The number of rotatable bonds is 5. The second kappa shape index (κ2) is 9.17. The monoisotopic (exact) mass is 385 g/mol. The molecule has 0 radical (unpaired) electrons. The first-order valence-electron chi connectivity index (χ1n) is 11.2. The summed E-state index contributed by atoms with van der Waals surface area (Å²) >= 11 is 0. The highest BCUT2D eigenvalue weighted by atomic mass is 16.5. The fourth-order valence-corrected chi connectivity index (χ4v) is 5.36. The lowest BCUT2D eigenvalue weighted by Gasteiger charge is -2.45. The Morgan fingerprint density at radius 1 is 1.00 bits per heavy atom. The summed E-state index contributed by atoms with van der Waals surface area (Å²) in [5.74, 6) is 2.09. The molecule has 5 nitrogen and oxygen atoms in total. The van der Waals surface area contributed by atoms with Gasteiger partial charge in [-0.05, 0) is 50.7 Å². The first-order valence-corrected chi connectivity index (χ1v) is 11.2. The zero-order valence-corrected chi connectivity index (χ0v) is 17.3. The third-order valence-electron chi connectivity index (χ3n) is 6.80. The number of piperidine rings is 1. The molecule has 1 aromatic carbocycles. The second-order valence-corrected chi connectivity index (χ2v) is 8.51. The highest BCUT2D eigenvalue weighted by Crippen LogP contribution is 2.35. The predicted octanol–water partition coefficient (Wildman–Crippen LogP) is 3.39. The number of anilines is 1. The fraction of sp³-hybridized carbons (Fsp3) is 0.696. The zero-order valence-electron chi connectivity index (χ0n) is 17.3. The van der Waals surface area contributed by atoms with Gasteiger partial charge in [0.05, 0.1) is 18.8 Å². The Morgan fingerprint density at radius 2 is 1.75 bits per heavy atom. The van der Waals surface area contributed by atoms with E-state index >= 15 is 0 Å². The van der Waals surface area contributed by atoms with Crippen LogP contribution < -0.4 is 9.64 Å². The third-order valence-corrected chi connectivity index (χ3v) is 6.80. The van der Waals surface area contributed by atoms with E-state index in [4.69, 9.17) is 4.74 Å². The van der Waals surface area contributed by atoms with E-state index in [0.29, 0.717) is 25.1 Å². The molecular formula is C23H35N3O2. The van der Waals surface area contributed by atoms with Crippen LogP contribution in [0.5, 0.6) is 5.75 Å². The Balaban J connectivity index is 1.31. The van der Waals surface area contributed by atoms with Crippen molar-refractivity contribution < 1.29 is 9.53 Å². The molecule has 1 aromatic rings. The molecule has 5 heteroatoms. The molecule has 0 N–H and O–H groups in total. The number of para-hydroxylation sites is 2. The number of carbonyl (C=O) groups excluding carboxylic acids is 1. The van der Waals surface area contributed by atoms with Crippen molar-refractivity contribution in [2.75, 3.05) is 50.8 Å². The molecule has 28 heavy (non-hydrogen) atoms. The van der Waals surface area contributed by atoms with Crippen LogP contribution in [-0.2, 0) is 4.79 Å². The average molecular weight is 386 g/mol. The van der Waals surface area contributed by atoms with Crippen LogP contribution in [-0.4, -0.2) is 67.6 Å². The summed E-state index contributed by atoms with van der Waals surface area (Å²) in [5, 5.41) is 0. The molecule has 3 aliphatic rings. The van der Waals surface area contributed by atoms with Crippen LogP contribution in [0.2, 0.25) is 0 Å². The minimum absolute atomic E-state index is 0.361. The number of piperazine rings is 1. The van der Waals surface area contributed by atoms with Crippen molar-refractivity contribution in [1.82, 2.24) is 9.80 Å². The lowest BCUT2D eigenvalue weighted by atomic mass is 9.78. The van der Waals surface area contributed by atoms with Gasteiger partial charge in [0.1, 0.15) is 5.75 Å². The molecule has 2 unspecified atom stereocenters. The Morgan fingerprint density at radius 3 is 2.57 bits per heavy atom. The maximum absolute atomic E-state index is 13.1. The maximum atomic E-state index is 13.1. The largest absolute Gasteiger partial charge is 0.492 e. The number of likely N-dealkylation sites (tertiary alicyclic amines) is 1. The van der Waals surface area contributed by atoms with Gasteiger partial charge in [0, 0.05) is 38.8 Å². The van der Waals surface area contributed by atoms with Crippen LogP contribution in [0.1, 0.15) is 45.4 Å². The summed E-state index contributed by atoms with van der Waals surface area (Å²) < 4.78 is 5.80. The van der Waals surface area contributed by atoms with Gasteiger partial charge >= 0.3 is 0 Å². The standard InChI is InChI=1S/C23H35N3O2/c1-2-28-22-12-6-5-11-21(22)25-16-14-24(15-17-25)18-23(27)26-13-7-9-19-8-3-4-10-20(19)26/h5-6,11-12,19-20H,2-4,7-10,13-18H2,1H3. The van der Waals surface area contributed by atoms with Gasteiger partial charge in [-0.2, -0.15) is 0 Å². The molecular weight excluding hydrogens is 350 g/mol. The van der Waals surface area contributed by atoms with E-state index in [9.17, 15) is 4.79 Å². The summed E-state index contributed by atoms with van der Waals surface area (Å²) in [4.78, 5) is 20.0. The zero-order chi connectivity index (χ0) is 19.3. The van der Waals surface area contributed by atoms with E-state index in [2.05, 4.69) is 26.8 Å². The number of amides is 1. The van der Waals surface area contributed by atoms with Crippen LogP contribution in [0.25, 0.3) is 0 Å². The molecule has 2 atom stereocenters. The van der Waals surface area contributed by atoms with E-state index in [0.717, 1.165) is 44.4 Å². The SMILES string of the molecule is CCOc1ccccc1N1CCN(CC(=O)N2CCCC3CCCCC32)CC1. The lowest BCUT2D eigenvalue weighted by molar-refractivity contribution is -0.138. The van der Waals surface area contributed by atoms with Crippen molar-refractivity contribution in [2.45, 2.75) is 51.5 Å². The van der Waals surface area contributed by atoms with Crippen molar-refractivity contribution in [3.05, 3.63) is 24.3 Å². The van der Waals surface area contributed by atoms with Crippen molar-refractivity contribution in [2.24, 2.45) is 5.92 Å². The highest BCUT2D eigenvalue weighted by Gasteiger charge is 2.36. The summed E-state index contributed by atoms with van der Waals surface area (Å²) in [7, 11) is 0. The smallest absolute Gasteiger partial charge is 0.237 e. The number of benzene rings is 1. The van der Waals surface area contributed by atoms with Gasteiger partial charge in [0.15, 0.2) is 0 Å². The summed E-state index contributed by atoms with van der Waals surface area (Å²) in [6.07, 6.45) is 7.71. The molecule has 0 spiro atoms. The average Bonchev–Trinajstić information content (AvgIpc) is 2.74. The Labute approximate surface area is 169 Å². The van der Waals surface area contributed by atoms with Crippen molar-refractivity contribution in [3.63, 3.8) is 0 Å².